The second kappa shape index (κ2) is 9.05. The molecular formula is C20H28N2O6. The predicted octanol–water partition coefficient (Wildman–Crippen LogP) is 2.47. The number of nitrogens with one attached hydrogen (secondary N) is 1. The van der Waals surface area contributed by atoms with E-state index in [1.165, 1.54) is 4.90 Å². The van der Waals surface area contributed by atoms with Gasteiger partial charge in [-0.1, -0.05) is 30.3 Å². The fourth-order valence-electron chi connectivity index (χ4n) is 3.33. The zero-order valence-corrected chi connectivity index (χ0v) is 16.4. The van der Waals surface area contributed by atoms with E-state index in [0.717, 1.165) is 5.56 Å². The largest absolute Gasteiger partial charge is 0.480 e. The fraction of sp³-hybridized carbons (Fsp3) is 0.550. The van der Waals surface area contributed by atoms with Gasteiger partial charge in [-0.3, -0.25) is 9.69 Å². The molecule has 0 aromatic heterocycles. The number of nitrogens with zero attached hydrogens (tertiary/aromatic N) is 1. The van der Waals surface area contributed by atoms with Crippen LogP contribution in [0.15, 0.2) is 30.3 Å². The number of aliphatic carboxylic acids is 2. The van der Waals surface area contributed by atoms with Gasteiger partial charge in [0.2, 0.25) is 0 Å². The van der Waals surface area contributed by atoms with Gasteiger partial charge in [-0.25, -0.2) is 9.59 Å². The van der Waals surface area contributed by atoms with E-state index in [0.29, 0.717) is 13.0 Å². The first-order chi connectivity index (χ1) is 13.1. The highest BCUT2D eigenvalue weighted by Gasteiger charge is 2.44. The van der Waals surface area contributed by atoms with Crippen molar-refractivity contribution in [3.63, 3.8) is 0 Å². The smallest absolute Gasteiger partial charge is 0.411 e. The van der Waals surface area contributed by atoms with Crippen LogP contribution in [0, 0.1) is 0 Å². The minimum atomic E-state index is -1.11. The topological polar surface area (TPSA) is 116 Å². The van der Waals surface area contributed by atoms with Gasteiger partial charge in [-0.2, -0.15) is 0 Å². The molecule has 1 aliphatic rings. The predicted molar refractivity (Wildman–Crippen MR) is 102 cm³/mol. The molecule has 0 radical (unpaired) electrons. The van der Waals surface area contributed by atoms with E-state index in [9.17, 15) is 24.6 Å². The summed E-state index contributed by atoms with van der Waals surface area (Å²) in [5, 5.41) is 22.0. The van der Waals surface area contributed by atoms with Crippen molar-refractivity contribution in [1.29, 1.82) is 0 Å². The van der Waals surface area contributed by atoms with E-state index in [-0.39, 0.29) is 12.8 Å². The lowest BCUT2D eigenvalue weighted by molar-refractivity contribution is -0.142. The van der Waals surface area contributed by atoms with Crippen LogP contribution in [0.4, 0.5) is 4.79 Å². The van der Waals surface area contributed by atoms with E-state index in [1.807, 2.05) is 30.3 Å². The lowest BCUT2D eigenvalue weighted by atomic mass is 10.0. The zero-order valence-electron chi connectivity index (χ0n) is 16.4. The van der Waals surface area contributed by atoms with Crippen LogP contribution < -0.4 is 5.32 Å². The molecule has 1 fully saturated rings. The van der Waals surface area contributed by atoms with E-state index >= 15 is 0 Å². The van der Waals surface area contributed by atoms with Crippen LogP contribution in [0.5, 0.6) is 0 Å². The molecule has 154 valence electrons. The van der Waals surface area contributed by atoms with Gasteiger partial charge in [0.05, 0.1) is 0 Å². The van der Waals surface area contributed by atoms with Crippen LogP contribution >= 0.6 is 0 Å². The maximum absolute atomic E-state index is 12.6. The number of likely N-dealkylation sites (tertiary alicyclic amines) is 1. The number of carbonyl (C=O) groups excluding carboxylic acids is 1. The number of carboxylic acids is 2. The number of benzene rings is 1. The molecule has 1 aromatic carbocycles. The Labute approximate surface area is 164 Å². The first-order valence-corrected chi connectivity index (χ1v) is 9.32. The second-order valence-electron chi connectivity index (χ2n) is 7.97. The summed E-state index contributed by atoms with van der Waals surface area (Å²) < 4.78 is 5.36. The monoisotopic (exact) mass is 392 g/mol. The highest BCUT2D eigenvalue weighted by molar-refractivity contribution is 5.81. The van der Waals surface area contributed by atoms with Gasteiger partial charge in [0.25, 0.3) is 0 Å². The quantitative estimate of drug-likeness (QED) is 0.653. The third-order valence-electron chi connectivity index (χ3n) is 4.59. The summed E-state index contributed by atoms with van der Waals surface area (Å²) in [7, 11) is 0. The normalized spacial score (nSPS) is 20.6. The summed E-state index contributed by atoms with van der Waals surface area (Å²) in [6.45, 7) is 5.47. The summed E-state index contributed by atoms with van der Waals surface area (Å²) >= 11 is 0. The first kappa shape index (κ1) is 21.7. The summed E-state index contributed by atoms with van der Waals surface area (Å²) in [6, 6.07) is 6.92. The Hall–Kier alpha value is -2.61. The van der Waals surface area contributed by atoms with Crippen LogP contribution in [-0.2, 0) is 20.9 Å². The number of hydrogen-bond donors (Lipinski definition) is 3. The van der Waals surface area contributed by atoms with Gasteiger partial charge in [-0.05, 0) is 45.6 Å². The maximum Gasteiger partial charge on any atom is 0.411 e. The Kier molecular flexibility index (Phi) is 7.01. The number of amides is 1. The summed E-state index contributed by atoms with van der Waals surface area (Å²) in [5.74, 6) is -2.16. The Balaban J connectivity index is 2.11. The summed E-state index contributed by atoms with van der Waals surface area (Å²) in [6.07, 6.45) is 0.0530. The molecule has 8 heteroatoms. The molecule has 0 aliphatic carbocycles. The van der Waals surface area contributed by atoms with Crippen LogP contribution in [0.3, 0.4) is 0 Å². The molecule has 1 saturated heterocycles. The lowest BCUT2D eigenvalue weighted by Crippen LogP contribution is -2.50. The standard InChI is InChI=1S/C20H28N2O6/c1-20(2,3)28-19(27)22-14(9-10-16(22)18(25)26)11-15(17(23)24)21-12-13-7-5-4-6-8-13/h4-8,14-16,21H,9-12H2,1-3H3,(H,23,24)(H,25,26)/t14-,15?,16-/m0/s1. The third kappa shape index (κ3) is 5.95. The highest BCUT2D eigenvalue weighted by Crippen LogP contribution is 2.29. The molecule has 2 rings (SSSR count). The molecule has 0 bridgehead atoms. The highest BCUT2D eigenvalue weighted by atomic mass is 16.6. The molecule has 1 unspecified atom stereocenters. The Morgan fingerprint density at radius 1 is 1.18 bits per heavy atom. The van der Waals surface area contributed by atoms with Crippen molar-refractivity contribution in [2.45, 2.75) is 70.3 Å². The van der Waals surface area contributed by atoms with Crippen LogP contribution in [0.1, 0.15) is 45.6 Å². The van der Waals surface area contributed by atoms with Crippen molar-refractivity contribution in [2.75, 3.05) is 0 Å². The Morgan fingerprint density at radius 3 is 2.36 bits per heavy atom. The molecule has 1 amide bonds. The minimum Gasteiger partial charge on any atom is -0.480 e. The number of carboxylic acid groups (broad SMARTS) is 2. The van der Waals surface area contributed by atoms with Crippen LogP contribution in [-0.4, -0.2) is 56.9 Å². The zero-order chi connectivity index (χ0) is 20.9. The number of ether oxygens (including phenoxy) is 1. The van der Waals surface area contributed by atoms with E-state index in [1.54, 1.807) is 20.8 Å². The van der Waals surface area contributed by atoms with Gasteiger partial charge in [0.1, 0.15) is 17.7 Å². The van der Waals surface area contributed by atoms with Crippen molar-refractivity contribution in [3.05, 3.63) is 35.9 Å². The van der Waals surface area contributed by atoms with Crippen LogP contribution in [0.25, 0.3) is 0 Å². The molecule has 1 heterocycles. The van der Waals surface area contributed by atoms with E-state index in [4.69, 9.17) is 4.74 Å². The van der Waals surface area contributed by atoms with Crippen molar-refractivity contribution in [3.8, 4) is 0 Å². The Bertz CT molecular complexity index is 700. The average Bonchev–Trinajstić information content (AvgIpc) is 3.01. The summed E-state index contributed by atoms with van der Waals surface area (Å²) in [5.41, 5.74) is 0.165. The average molecular weight is 392 g/mol. The van der Waals surface area contributed by atoms with Crippen LogP contribution in [0.2, 0.25) is 0 Å². The first-order valence-electron chi connectivity index (χ1n) is 9.32. The number of hydrogen-bond acceptors (Lipinski definition) is 5. The number of carbonyl (C=O) groups is 3. The van der Waals surface area contributed by atoms with Gasteiger partial charge in [-0.15, -0.1) is 0 Å². The molecule has 1 aromatic rings. The van der Waals surface area contributed by atoms with Crippen molar-refractivity contribution in [1.82, 2.24) is 10.2 Å². The molecule has 3 N–H and O–H groups in total. The SMILES string of the molecule is CC(C)(C)OC(=O)N1[C@H](CC(NCc2ccccc2)C(=O)O)CC[C@H]1C(=O)O. The van der Waals surface area contributed by atoms with E-state index < -0.39 is 41.8 Å². The number of rotatable bonds is 7. The van der Waals surface area contributed by atoms with Crippen molar-refractivity contribution < 1.29 is 29.3 Å². The molecule has 8 nitrogen and oxygen atoms in total. The summed E-state index contributed by atoms with van der Waals surface area (Å²) in [4.78, 5) is 37.1. The van der Waals surface area contributed by atoms with E-state index in [2.05, 4.69) is 5.32 Å². The maximum atomic E-state index is 12.6. The van der Waals surface area contributed by atoms with Gasteiger partial charge in [0, 0.05) is 12.6 Å². The van der Waals surface area contributed by atoms with Crippen molar-refractivity contribution >= 4 is 18.0 Å². The minimum absolute atomic E-state index is 0.102. The van der Waals surface area contributed by atoms with Gasteiger partial charge < -0.3 is 20.3 Å². The molecule has 0 saturated carbocycles. The lowest BCUT2D eigenvalue weighted by Gasteiger charge is -2.32. The second-order valence-corrected chi connectivity index (χ2v) is 7.97. The van der Waals surface area contributed by atoms with Crippen molar-refractivity contribution in [2.24, 2.45) is 0 Å². The molecule has 3 atom stereocenters. The van der Waals surface area contributed by atoms with Gasteiger partial charge >= 0.3 is 18.0 Å². The van der Waals surface area contributed by atoms with Gasteiger partial charge in [0.15, 0.2) is 0 Å². The molecular weight excluding hydrogens is 364 g/mol. The molecule has 1 aliphatic heterocycles. The molecule has 28 heavy (non-hydrogen) atoms. The third-order valence-corrected chi connectivity index (χ3v) is 4.59. The molecule has 0 spiro atoms. The fourth-order valence-corrected chi connectivity index (χ4v) is 3.33. The Morgan fingerprint density at radius 2 is 1.82 bits per heavy atom.